The maximum atomic E-state index is 2.24. The summed E-state index contributed by atoms with van der Waals surface area (Å²) in [6, 6.07) is 10.8. The average molecular weight is 203 g/mol. The van der Waals surface area contributed by atoms with Crippen LogP contribution in [-0.4, -0.2) is 5.75 Å². The molecule has 0 aromatic heterocycles. The maximum absolute atomic E-state index is 2.24. The first-order valence-electron chi connectivity index (χ1n) is 4.30. The molecule has 3 heteroatoms. The summed E-state index contributed by atoms with van der Waals surface area (Å²) in [5, 5.41) is 0.741. The van der Waals surface area contributed by atoms with Crippen LogP contribution < -0.4 is 18.9 Å². The summed E-state index contributed by atoms with van der Waals surface area (Å²) in [5.41, 5.74) is 1.50. The summed E-state index contributed by atoms with van der Waals surface area (Å²) < 4.78 is 0. The molecule has 1 aromatic rings. The van der Waals surface area contributed by atoms with Gasteiger partial charge in [0.05, 0.1) is 0 Å². The second-order valence-electron chi connectivity index (χ2n) is 2.96. The van der Waals surface area contributed by atoms with Crippen molar-refractivity contribution in [2.75, 3.05) is 5.75 Å². The zero-order valence-electron chi connectivity index (χ0n) is 7.90. The van der Waals surface area contributed by atoms with E-state index in [9.17, 15) is 0 Å². The summed E-state index contributed by atoms with van der Waals surface area (Å²) in [4.78, 5) is 0. The topological polar surface area (TPSA) is 0 Å². The van der Waals surface area contributed by atoms with E-state index >= 15 is 0 Å². The molecule has 64 valence electrons. The molecule has 0 saturated carbocycles. The number of rotatable bonds is 1. The van der Waals surface area contributed by atoms with Crippen molar-refractivity contribution < 1.29 is 18.9 Å². The molecule has 1 aliphatic heterocycles. The van der Waals surface area contributed by atoms with E-state index in [4.69, 9.17) is 0 Å². The van der Waals surface area contributed by atoms with Gasteiger partial charge in [-0.15, -0.1) is 0 Å². The zero-order chi connectivity index (χ0) is 8.23. The molecule has 0 spiro atoms. The van der Waals surface area contributed by atoms with Gasteiger partial charge in [0.1, 0.15) is 0 Å². The van der Waals surface area contributed by atoms with Gasteiger partial charge >= 0.3 is 18.9 Å². The minimum absolute atomic E-state index is 0. The quantitative estimate of drug-likeness (QED) is 0.491. The molecule has 0 aliphatic carbocycles. The van der Waals surface area contributed by atoms with E-state index in [1.807, 2.05) is 21.6 Å². The van der Waals surface area contributed by atoms with E-state index < -0.39 is 0 Å². The molecule has 1 saturated heterocycles. The van der Waals surface area contributed by atoms with Crippen molar-refractivity contribution in [3.63, 3.8) is 0 Å². The van der Waals surface area contributed by atoms with Crippen molar-refractivity contribution in [1.29, 1.82) is 0 Å². The molecular weight excluding hydrogens is 191 g/mol. The molecule has 1 heterocycles. The van der Waals surface area contributed by atoms with Gasteiger partial charge in [0.15, 0.2) is 0 Å². The van der Waals surface area contributed by atoms with E-state index in [0.29, 0.717) is 0 Å². The SMILES string of the molecule is [Li+].c1ccc(C2CCCSS2)cc1. The molecule has 0 nitrogen and oxygen atoms in total. The fraction of sp³-hybridized carbons (Fsp3) is 0.400. The van der Waals surface area contributed by atoms with Gasteiger partial charge in [-0.1, -0.05) is 51.9 Å². The van der Waals surface area contributed by atoms with Crippen molar-refractivity contribution >= 4 is 21.6 Å². The molecule has 0 bridgehead atoms. The van der Waals surface area contributed by atoms with Crippen molar-refractivity contribution in [2.24, 2.45) is 0 Å². The first-order valence-corrected chi connectivity index (χ1v) is 6.68. The second-order valence-corrected chi connectivity index (χ2v) is 5.65. The summed E-state index contributed by atoms with van der Waals surface area (Å²) in [6.07, 6.45) is 2.72. The molecule has 1 atom stereocenters. The van der Waals surface area contributed by atoms with Gasteiger partial charge < -0.3 is 0 Å². The summed E-state index contributed by atoms with van der Waals surface area (Å²) in [7, 11) is 4.05. The average Bonchev–Trinajstić information content (AvgIpc) is 2.21. The molecule has 1 fully saturated rings. The Balaban J connectivity index is 0.000000845. The second kappa shape index (κ2) is 6.09. The molecule has 1 aromatic carbocycles. The van der Waals surface area contributed by atoms with Gasteiger partial charge in [-0.2, -0.15) is 0 Å². The van der Waals surface area contributed by atoms with Gasteiger partial charge in [-0.25, -0.2) is 0 Å². The van der Waals surface area contributed by atoms with E-state index in [0.717, 1.165) is 5.25 Å². The molecule has 0 N–H and O–H groups in total. The van der Waals surface area contributed by atoms with Crippen LogP contribution in [0.1, 0.15) is 23.7 Å². The number of benzene rings is 1. The number of hydrogen-bond acceptors (Lipinski definition) is 2. The van der Waals surface area contributed by atoms with E-state index in [1.165, 1.54) is 24.2 Å². The van der Waals surface area contributed by atoms with Crippen molar-refractivity contribution in [3.8, 4) is 0 Å². The Morgan fingerprint density at radius 3 is 2.54 bits per heavy atom. The third-order valence-electron chi connectivity index (χ3n) is 2.05. The smallest absolute Gasteiger partial charge is 0.0935 e. The molecule has 2 rings (SSSR count). The fourth-order valence-electron chi connectivity index (χ4n) is 1.40. The van der Waals surface area contributed by atoms with Crippen LogP contribution >= 0.6 is 21.6 Å². The van der Waals surface area contributed by atoms with Gasteiger partial charge in [-0.05, 0) is 18.4 Å². The Morgan fingerprint density at radius 2 is 1.92 bits per heavy atom. The Labute approximate surface area is 99.8 Å². The van der Waals surface area contributed by atoms with E-state index in [1.54, 1.807) is 0 Å². The van der Waals surface area contributed by atoms with Crippen LogP contribution in [0.2, 0.25) is 0 Å². The molecule has 0 amide bonds. The Hall–Kier alpha value is 0.517. The summed E-state index contributed by atoms with van der Waals surface area (Å²) in [5.74, 6) is 1.33. The van der Waals surface area contributed by atoms with Gasteiger partial charge in [0, 0.05) is 11.0 Å². The predicted molar refractivity (Wildman–Crippen MR) is 58.5 cm³/mol. The summed E-state index contributed by atoms with van der Waals surface area (Å²) >= 11 is 0. The molecular formula is C10H12LiS2+. The Bertz CT molecular complexity index is 232. The van der Waals surface area contributed by atoms with Crippen molar-refractivity contribution in [1.82, 2.24) is 0 Å². The molecule has 13 heavy (non-hydrogen) atoms. The minimum Gasteiger partial charge on any atom is -0.0935 e. The third kappa shape index (κ3) is 3.29. The monoisotopic (exact) mass is 203 g/mol. The number of hydrogen-bond donors (Lipinski definition) is 0. The third-order valence-corrected chi connectivity index (χ3v) is 4.99. The van der Waals surface area contributed by atoms with E-state index in [-0.39, 0.29) is 18.9 Å². The zero-order valence-corrected chi connectivity index (χ0v) is 9.53. The van der Waals surface area contributed by atoms with Gasteiger partial charge in [0.25, 0.3) is 0 Å². The first kappa shape index (κ1) is 11.6. The predicted octanol–water partition coefficient (Wildman–Crippen LogP) is 0.907. The van der Waals surface area contributed by atoms with Crippen LogP contribution in [0.4, 0.5) is 0 Å². The molecule has 1 aliphatic rings. The van der Waals surface area contributed by atoms with Gasteiger partial charge in [0.2, 0.25) is 0 Å². The molecule has 0 radical (unpaired) electrons. The van der Waals surface area contributed by atoms with Crippen LogP contribution in [0.15, 0.2) is 30.3 Å². The van der Waals surface area contributed by atoms with Crippen molar-refractivity contribution in [2.45, 2.75) is 18.1 Å². The van der Waals surface area contributed by atoms with Crippen LogP contribution in [0.3, 0.4) is 0 Å². The first-order chi connectivity index (χ1) is 5.97. The van der Waals surface area contributed by atoms with Crippen LogP contribution in [0, 0.1) is 0 Å². The van der Waals surface area contributed by atoms with Gasteiger partial charge in [-0.3, -0.25) is 0 Å². The minimum atomic E-state index is 0. The normalized spacial score (nSPS) is 22.0. The summed E-state index contributed by atoms with van der Waals surface area (Å²) in [6.45, 7) is 0. The Morgan fingerprint density at radius 1 is 1.15 bits per heavy atom. The van der Waals surface area contributed by atoms with Crippen LogP contribution in [-0.2, 0) is 0 Å². The van der Waals surface area contributed by atoms with Crippen LogP contribution in [0.5, 0.6) is 0 Å². The standard InChI is InChI=1S/C10H12S2.Li/c1-2-5-9(6-3-1)10-7-4-8-11-12-10;/h1-3,5-6,10H,4,7-8H2;/q;+1. The largest absolute Gasteiger partial charge is 1.00 e. The fourth-order valence-corrected chi connectivity index (χ4v) is 4.23. The Kier molecular flexibility index (Phi) is 5.43. The van der Waals surface area contributed by atoms with Crippen LogP contribution in [0.25, 0.3) is 0 Å². The van der Waals surface area contributed by atoms with E-state index in [2.05, 4.69) is 30.3 Å². The molecule has 1 unspecified atom stereocenters. The maximum Gasteiger partial charge on any atom is 1.00 e. The van der Waals surface area contributed by atoms with Crippen molar-refractivity contribution in [3.05, 3.63) is 35.9 Å².